The van der Waals surface area contributed by atoms with Gasteiger partial charge in [0.2, 0.25) is 0 Å². The number of aromatic nitrogens is 1. The monoisotopic (exact) mass is 253 g/mol. The minimum Gasteiger partial charge on any atom is -0.406 e. The number of halogens is 3. The molecule has 0 aliphatic rings. The zero-order valence-corrected chi connectivity index (χ0v) is 9.53. The average molecular weight is 253 g/mol. The van der Waals surface area contributed by atoms with Crippen molar-refractivity contribution in [2.75, 3.05) is 0 Å². The highest BCUT2D eigenvalue weighted by Crippen LogP contribution is 2.28. The third kappa shape index (κ3) is 3.00. The molecule has 0 fully saturated rings. The maximum absolute atomic E-state index is 12.1. The number of alkyl halides is 3. The van der Waals surface area contributed by atoms with Gasteiger partial charge < -0.3 is 4.74 Å². The van der Waals surface area contributed by atoms with E-state index in [0.717, 1.165) is 5.56 Å². The number of ether oxygens (including phenoxy) is 1. The van der Waals surface area contributed by atoms with Crippen molar-refractivity contribution >= 4 is 0 Å². The highest BCUT2D eigenvalue weighted by Gasteiger charge is 2.31. The van der Waals surface area contributed by atoms with Crippen LogP contribution in [0, 0.1) is 6.92 Å². The fourth-order valence-electron chi connectivity index (χ4n) is 1.63. The lowest BCUT2D eigenvalue weighted by Gasteiger charge is -2.10. The lowest BCUT2D eigenvalue weighted by Crippen LogP contribution is -2.17. The zero-order valence-electron chi connectivity index (χ0n) is 9.53. The number of nitrogens with zero attached hydrogens (tertiary/aromatic N) is 1. The minimum absolute atomic E-state index is 0.245. The van der Waals surface area contributed by atoms with Crippen molar-refractivity contribution in [2.45, 2.75) is 13.3 Å². The van der Waals surface area contributed by atoms with E-state index in [4.69, 9.17) is 0 Å². The molecule has 0 amide bonds. The van der Waals surface area contributed by atoms with Gasteiger partial charge in [-0.2, -0.15) is 0 Å². The third-order valence-electron chi connectivity index (χ3n) is 2.35. The van der Waals surface area contributed by atoms with Gasteiger partial charge in [-0.25, -0.2) is 0 Å². The van der Waals surface area contributed by atoms with Crippen LogP contribution in [0.4, 0.5) is 13.2 Å². The molecule has 94 valence electrons. The zero-order chi connectivity index (χ0) is 13.2. The first kappa shape index (κ1) is 12.4. The summed E-state index contributed by atoms with van der Waals surface area (Å²) in [7, 11) is 0. The summed E-state index contributed by atoms with van der Waals surface area (Å²) in [6.07, 6.45) is -3.09. The quantitative estimate of drug-likeness (QED) is 0.808. The molecule has 0 atom stereocenters. The van der Waals surface area contributed by atoms with Gasteiger partial charge in [0.15, 0.2) is 0 Å². The predicted molar refractivity (Wildman–Crippen MR) is 61.1 cm³/mol. The summed E-state index contributed by atoms with van der Waals surface area (Å²) in [5, 5.41) is 0. The van der Waals surface area contributed by atoms with Crippen molar-refractivity contribution in [2.24, 2.45) is 0 Å². The molecule has 18 heavy (non-hydrogen) atoms. The fourth-order valence-corrected chi connectivity index (χ4v) is 1.63. The fraction of sp³-hybridized carbons (Fsp3) is 0.154. The van der Waals surface area contributed by atoms with E-state index in [-0.39, 0.29) is 5.75 Å². The second-order valence-electron chi connectivity index (χ2n) is 3.74. The standard InChI is InChI=1S/C13H10F3NO/c1-9-4-3-7-17-12(9)10-5-2-6-11(8-10)18-13(14,15)16/h2-8H,1H3. The van der Waals surface area contributed by atoms with Crippen molar-refractivity contribution in [1.82, 2.24) is 4.98 Å². The largest absolute Gasteiger partial charge is 0.573 e. The average Bonchev–Trinajstić information content (AvgIpc) is 2.27. The van der Waals surface area contributed by atoms with Crippen LogP contribution in [0.15, 0.2) is 42.6 Å². The van der Waals surface area contributed by atoms with Crippen molar-refractivity contribution in [3.8, 4) is 17.0 Å². The molecule has 0 bridgehead atoms. The number of benzene rings is 1. The first-order valence-electron chi connectivity index (χ1n) is 5.23. The SMILES string of the molecule is Cc1cccnc1-c1cccc(OC(F)(F)F)c1. The molecule has 0 aliphatic carbocycles. The molecule has 0 saturated heterocycles. The Morgan fingerprint density at radius 1 is 1.11 bits per heavy atom. The van der Waals surface area contributed by atoms with Crippen LogP contribution >= 0.6 is 0 Å². The number of pyridine rings is 1. The molecule has 0 aliphatic heterocycles. The lowest BCUT2D eigenvalue weighted by molar-refractivity contribution is -0.274. The van der Waals surface area contributed by atoms with Gasteiger partial charge >= 0.3 is 6.36 Å². The Kier molecular flexibility index (Phi) is 3.23. The predicted octanol–water partition coefficient (Wildman–Crippen LogP) is 3.96. The van der Waals surface area contributed by atoms with Gasteiger partial charge in [0.1, 0.15) is 5.75 Å². The van der Waals surface area contributed by atoms with Crippen LogP contribution in [0.3, 0.4) is 0 Å². The van der Waals surface area contributed by atoms with Gasteiger partial charge in [-0.15, -0.1) is 13.2 Å². The van der Waals surface area contributed by atoms with Crippen LogP contribution in [0.2, 0.25) is 0 Å². The van der Waals surface area contributed by atoms with Crippen LogP contribution in [0.25, 0.3) is 11.3 Å². The molecule has 0 radical (unpaired) electrons. The van der Waals surface area contributed by atoms with E-state index < -0.39 is 6.36 Å². The number of hydrogen-bond acceptors (Lipinski definition) is 2. The molecule has 0 saturated carbocycles. The summed E-state index contributed by atoms with van der Waals surface area (Å²) in [4.78, 5) is 4.15. The third-order valence-corrected chi connectivity index (χ3v) is 2.35. The Labute approximate surface area is 102 Å². The van der Waals surface area contributed by atoms with Gasteiger partial charge in [-0.3, -0.25) is 4.98 Å². The maximum Gasteiger partial charge on any atom is 0.573 e. The molecular weight excluding hydrogens is 243 g/mol. The van der Waals surface area contributed by atoms with E-state index in [0.29, 0.717) is 11.3 Å². The minimum atomic E-state index is -4.68. The van der Waals surface area contributed by atoms with Gasteiger partial charge in [0.05, 0.1) is 5.69 Å². The van der Waals surface area contributed by atoms with Gasteiger partial charge in [0, 0.05) is 11.8 Å². The first-order chi connectivity index (χ1) is 8.46. The molecule has 2 nitrogen and oxygen atoms in total. The van der Waals surface area contributed by atoms with E-state index in [9.17, 15) is 13.2 Å². The van der Waals surface area contributed by atoms with Gasteiger partial charge in [-0.05, 0) is 30.7 Å². The molecule has 5 heteroatoms. The summed E-state index contributed by atoms with van der Waals surface area (Å²) in [6, 6.07) is 9.40. The first-order valence-corrected chi connectivity index (χ1v) is 5.23. The molecule has 1 aromatic heterocycles. The van der Waals surface area contributed by atoms with Crippen molar-refractivity contribution in [3.63, 3.8) is 0 Å². The highest BCUT2D eigenvalue weighted by atomic mass is 19.4. The topological polar surface area (TPSA) is 22.1 Å². The summed E-state index contributed by atoms with van der Waals surface area (Å²) >= 11 is 0. The summed E-state index contributed by atoms with van der Waals surface area (Å²) < 4.78 is 40.2. The number of rotatable bonds is 2. The van der Waals surface area contributed by atoms with Crippen molar-refractivity contribution < 1.29 is 17.9 Å². The van der Waals surface area contributed by atoms with E-state index in [1.165, 1.54) is 18.2 Å². The summed E-state index contributed by atoms with van der Waals surface area (Å²) in [6.45, 7) is 1.85. The maximum atomic E-state index is 12.1. The normalized spacial score (nSPS) is 11.3. The van der Waals surface area contributed by atoms with Gasteiger partial charge in [-0.1, -0.05) is 18.2 Å². The molecule has 0 spiro atoms. The van der Waals surface area contributed by atoms with Gasteiger partial charge in [0.25, 0.3) is 0 Å². The molecule has 2 aromatic rings. The van der Waals surface area contributed by atoms with E-state index in [1.807, 2.05) is 13.0 Å². The summed E-state index contributed by atoms with van der Waals surface area (Å²) in [5.41, 5.74) is 2.13. The Morgan fingerprint density at radius 2 is 1.89 bits per heavy atom. The van der Waals surface area contributed by atoms with Crippen LogP contribution in [-0.2, 0) is 0 Å². The smallest absolute Gasteiger partial charge is 0.406 e. The lowest BCUT2D eigenvalue weighted by atomic mass is 10.1. The van der Waals surface area contributed by atoms with E-state index >= 15 is 0 Å². The van der Waals surface area contributed by atoms with Crippen LogP contribution in [0.5, 0.6) is 5.75 Å². The van der Waals surface area contributed by atoms with Crippen molar-refractivity contribution in [3.05, 3.63) is 48.2 Å². The molecule has 1 aromatic carbocycles. The number of hydrogen-bond donors (Lipinski definition) is 0. The van der Waals surface area contributed by atoms with E-state index in [2.05, 4.69) is 9.72 Å². The Hall–Kier alpha value is -2.04. The summed E-state index contributed by atoms with van der Waals surface area (Å²) in [5.74, 6) is -0.245. The molecular formula is C13H10F3NO. The Bertz CT molecular complexity index is 552. The highest BCUT2D eigenvalue weighted by molar-refractivity contribution is 5.64. The van der Waals surface area contributed by atoms with E-state index in [1.54, 1.807) is 18.3 Å². The Balaban J connectivity index is 2.36. The molecule has 2 rings (SSSR count). The van der Waals surface area contributed by atoms with Crippen LogP contribution in [0.1, 0.15) is 5.56 Å². The second-order valence-corrected chi connectivity index (χ2v) is 3.74. The molecule has 0 unspecified atom stereocenters. The second kappa shape index (κ2) is 4.68. The molecule has 0 N–H and O–H groups in total. The van der Waals surface area contributed by atoms with Crippen molar-refractivity contribution in [1.29, 1.82) is 0 Å². The van der Waals surface area contributed by atoms with Crippen LogP contribution < -0.4 is 4.74 Å². The van der Waals surface area contributed by atoms with Crippen LogP contribution in [-0.4, -0.2) is 11.3 Å². The number of aryl methyl sites for hydroxylation is 1. The Morgan fingerprint density at radius 3 is 2.56 bits per heavy atom. The molecule has 1 heterocycles.